The average Bonchev–Trinajstić information content (AvgIpc) is 2.46. The predicted octanol–water partition coefficient (Wildman–Crippen LogP) is 0.415. The summed E-state index contributed by atoms with van der Waals surface area (Å²) in [5.74, 6) is 0.0702. The number of rotatable bonds is 4. The van der Waals surface area contributed by atoms with Crippen LogP contribution in [0.1, 0.15) is 19.8 Å². The molecule has 1 rings (SSSR count). The number of sulfone groups is 1. The Labute approximate surface area is 84.6 Å². The fourth-order valence-corrected chi connectivity index (χ4v) is 2.11. The van der Waals surface area contributed by atoms with Crippen LogP contribution in [0.2, 0.25) is 0 Å². The van der Waals surface area contributed by atoms with Crippen LogP contribution < -0.4 is 0 Å². The molecule has 0 spiro atoms. The van der Waals surface area contributed by atoms with Gasteiger partial charge in [0.1, 0.15) is 15.9 Å². The lowest BCUT2D eigenvalue weighted by Crippen LogP contribution is -2.26. The average molecular weight is 220 g/mol. The first-order chi connectivity index (χ1) is 6.40. The summed E-state index contributed by atoms with van der Waals surface area (Å²) < 4.78 is 26.9. The summed E-state index contributed by atoms with van der Waals surface area (Å²) in [5, 5.41) is 0. The summed E-state index contributed by atoms with van der Waals surface area (Å²) in [5.41, 5.74) is 0. The predicted molar refractivity (Wildman–Crippen MR) is 52.9 cm³/mol. The molecular formula is C9H16O4S. The number of ether oxygens (including phenoxy) is 1. The van der Waals surface area contributed by atoms with Crippen LogP contribution in [0.3, 0.4) is 0 Å². The Hall–Kier alpha value is -0.420. The SMILES string of the molecule is CC1CCOC1C(=O)CCS(C)(=O)=O. The number of hydrogen-bond acceptors (Lipinski definition) is 4. The molecule has 0 N–H and O–H groups in total. The van der Waals surface area contributed by atoms with Gasteiger partial charge in [-0.1, -0.05) is 6.92 Å². The molecule has 4 nitrogen and oxygen atoms in total. The summed E-state index contributed by atoms with van der Waals surface area (Å²) >= 11 is 0. The normalized spacial score (nSPS) is 27.9. The fraction of sp³-hybridized carbons (Fsp3) is 0.889. The number of carbonyl (C=O) groups excluding carboxylic acids is 1. The molecule has 1 heterocycles. The molecule has 2 unspecified atom stereocenters. The van der Waals surface area contributed by atoms with Crippen LogP contribution in [0.5, 0.6) is 0 Å². The Morgan fingerprint density at radius 3 is 2.57 bits per heavy atom. The molecular weight excluding hydrogens is 204 g/mol. The van der Waals surface area contributed by atoms with Crippen LogP contribution in [0.4, 0.5) is 0 Å². The van der Waals surface area contributed by atoms with E-state index in [2.05, 4.69) is 0 Å². The highest BCUT2D eigenvalue weighted by molar-refractivity contribution is 7.90. The zero-order valence-corrected chi connectivity index (χ0v) is 9.34. The monoisotopic (exact) mass is 220 g/mol. The number of ketones is 1. The van der Waals surface area contributed by atoms with E-state index >= 15 is 0 Å². The van der Waals surface area contributed by atoms with Gasteiger partial charge in [-0.15, -0.1) is 0 Å². The Morgan fingerprint density at radius 1 is 1.50 bits per heavy atom. The standard InChI is InChI=1S/C9H16O4S/c1-7-3-5-13-9(7)8(10)4-6-14(2,11)12/h7,9H,3-6H2,1-2H3. The second-order valence-electron chi connectivity index (χ2n) is 3.90. The Bertz CT molecular complexity index is 307. The minimum Gasteiger partial charge on any atom is -0.370 e. The largest absolute Gasteiger partial charge is 0.370 e. The third kappa shape index (κ3) is 3.38. The molecule has 14 heavy (non-hydrogen) atoms. The van der Waals surface area contributed by atoms with Gasteiger partial charge in [-0.3, -0.25) is 4.79 Å². The van der Waals surface area contributed by atoms with E-state index < -0.39 is 9.84 Å². The van der Waals surface area contributed by atoms with Crippen molar-refractivity contribution < 1.29 is 17.9 Å². The van der Waals surface area contributed by atoms with Crippen molar-refractivity contribution in [3.05, 3.63) is 0 Å². The Balaban J connectivity index is 2.42. The Kier molecular flexibility index (Phi) is 3.66. The topological polar surface area (TPSA) is 60.4 Å². The fourth-order valence-electron chi connectivity index (χ4n) is 1.54. The molecule has 0 aromatic rings. The highest BCUT2D eigenvalue weighted by Crippen LogP contribution is 2.21. The van der Waals surface area contributed by atoms with E-state index in [9.17, 15) is 13.2 Å². The van der Waals surface area contributed by atoms with Crippen LogP contribution in [0.15, 0.2) is 0 Å². The van der Waals surface area contributed by atoms with Gasteiger partial charge in [0.15, 0.2) is 5.78 Å². The van der Waals surface area contributed by atoms with Crippen LogP contribution >= 0.6 is 0 Å². The minimum absolute atomic E-state index is 0.0710. The van der Waals surface area contributed by atoms with E-state index in [1.165, 1.54) is 0 Å². The van der Waals surface area contributed by atoms with Crippen molar-refractivity contribution in [2.75, 3.05) is 18.6 Å². The van der Waals surface area contributed by atoms with E-state index in [1.54, 1.807) is 0 Å². The molecule has 0 radical (unpaired) electrons. The minimum atomic E-state index is -3.04. The van der Waals surface area contributed by atoms with Gasteiger partial charge in [-0.2, -0.15) is 0 Å². The molecule has 0 aliphatic carbocycles. The second kappa shape index (κ2) is 4.40. The van der Waals surface area contributed by atoms with Crippen LogP contribution in [0.25, 0.3) is 0 Å². The first kappa shape index (κ1) is 11.7. The molecule has 0 bridgehead atoms. The van der Waals surface area contributed by atoms with Crippen LogP contribution in [-0.4, -0.2) is 38.9 Å². The van der Waals surface area contributed by atoms with Gasteiger partial charge < -0.3 is 4.74 Å². The van der Waals surface area contributed by atoms with Gasteiger partial charge in [0.25, 0.3) is 0 Å². The molecule has 5 heteroatoms. The van der Waals surface area contributed by atoms with Crippen molar-refractivity contribution in [3.8, 4) is 0 Å². The number of Topliss-reactive ketones (excluding diaryl/α,β-unsaturated/α-hetero) is 1. The van der Waals surface area contributed by atoms with Crippen molar-refractivity contribution in [2.24, 2.45) is 5.92 Å². The molecule has 0 saturated carbocycles. The lowest BCUT2D eigenvalue weighted by Gasteiger charge is -2.12. The second-order valence-corrected chi connectivity index (χ2v) is 6.16. The van der Waals surface area contributed by atoms with Gasteiger partial charge >= 0.3 is 0 Å². The van der Waals surface area contributed by atoms with E-state index in [-0.39, 0.29) is 30.0 Å². The van der Waals surface area contributed by atoms with Crippen LogP contribution in [-0.2, 0) is 19.4 Å². The maximum absolute atomic E-state index is 11.5. The van der Waals surface area contributed by atoms with E-state index in [0.717, 1.165) is 12.7 Å². The zero-order chi connectivity index (χ0) is 10.8. The molecule has 1 fully saturated rings. The molecule has 0 amide bonds. The van der Waals surface area contributed by atoms with Crippen molar-refractivity contribution in [3.63, 3.8) is 0 Å². The number of hydrogen-bond donors (Lipinski definition) is 0. The van der Waals surface area contributed by atoms with Crippen molar-refractivity contribution >= 4 is 15.6 Å². The zero-order valence-electron chi connectivity index (χ0n) is 8.52. The van der Waals surface area contributed by atoms with Gasteiger partial charge in [0.2, 0.25) is 0 Å². The first-order valence-electron chi connectivity index (χ1n) is 4.72. The molecule has 1 aliphatic rings. The molecule has 0 aromatic carbocycles. The van der Waals surface area contributed by atoms with Gasteiger partial charge in [-0.05, 0) is 12.3 Å². The summed E-state index contributed by atoms with van der Waals surface area (Å²) in [6.45, 7) is 2.56. The molecule has 82 valence electrons. The van der Waals surface area contributed by atoms with Crippen molar-refractivity contribution in [1.82, 2.24) is 0 Å². The van der Waals surface area contributed by atoms with Gasteiger partial charge in [-0.25, -0.2) is 8.42 Å². The quantitative estimate of drug-likeness (QED) is 0.688. The summed E-state index contributed by atoms with van der Waals surface area (Å²) in [6.07, 6.45) is 1.72. The molecule has 1 aliphatic heterocycles. The summed E-state index contributed by atoms with van der Waals surface area (Å²) in [6, 6.07) is 0. The summed E-state index contributed by atoms with van der Waals surface area (Å²) in [7, 11) is -3.04. The van der Waals surface area contributed by atoms with Gasteiger partial charge in [0.05, 0.1) is 5.75 Å². The third-order valence-corrected chi connectivity index (χ3v) is 3.37. The highest BCUT2D eigenvalue weighted by atomic mass is 32.2. The summed E-state index contributed by atoms with van der Waals surface area (Å²) in [4.78, 5) is 11.5. The van der Waals surface area contributed by atoms with Crippen molar-refractivity contribution in [1.29, 1.82) is 0 Å². The third-order valence-electron chi connectivity index (χ3n) is 2.42. The molecule has 0 aromatic heterocycles. The van der Waals surface area contributed by atoms with Crippen LogP contribution in [0, 0.1) is 5.92 Å². The molecule has 2 atom stereocenters. The van der Waals surface area contributed by atoms with E-state index in [1.807, 2.05) is 6.92 Å². The first-order valence-corrected chi connectivity index (χ1v) is 6.78. The van der Waals surface area contributed by atoms with Crippen molar-refractivity contribution in [2.45, 2.75) is 25.9 Å². The lowest BCUT2D eigenvalue weighted by atomic mass is 9.99. The maximum Gasteiger partial charge on any atom is 0.162 e. The highest BCUT2D eigenvalue weighted by Gasteiger charge is 2.30. The van der Waals surface area contributed by atoms with E-state index in [4.69, 9.17) is 4.74 Å². The van der Waals surface area contributed by atoms with Gasteiger partial charge in [0, 0.05) is 19.3 Å². The number of carbonyl (C=O) groups is 1. The smallest absolute Gasteiger partial charge is 0.162 e. The maximum atomic E-state index is 11.5. The van der Waals surface area contributed by atoms with E-state index in [0.29, 0.717) is 6.61 Å². The molecule has 1 saturated heterocycles. The Morgan fingerprint density at radius 2 is 2.14 bits per heavy atom. The lowest BCUT2D eigenvalue weighted by molar-refractivity contribution is -0.128.